The van der Waals surface area contributed by atoms with E-state index in [2.05, 4.69) is 6.92 Å². The highest BCUT2D eigenvalue weighted by molar-refractivity contribution is 5.75. The standard InChI is InChI=1S/C22H17F6NO.C3H9N/c23-21(24,25)18-5-1-14(2-6-18)16-11-17(13-20(12-16)30-10-9-29)15-3-7-19(8-4-15)22(26,27)28;1-2-3-4/h1-8,11-13H,9-10,29H2;2-4H2,1H3. The summed E-state index contributed by atoms with van der Waals surface area (Å²) in [5.74, 6) is 0.410. The van der Waals surface area contributed by atoms with Crippen LogP contribution in [0.5, 0.6) is 5.75 Å². The highest BCUT2D eigenvalue weighted by Crippen LogP contribution is 2.36. The van der Waals surface area contributed by atoms with Crippen molar-refractivity contribution in [3.8, 4) is 28.0 Å². The lowest BCUT2D eigenvalue weighted by molar-refractivity contribution is -0.138. The van der Waals surface area contributed by atoms with E-state index in [0.717, 1.165) is 37.2 Å². The molecule has 184 valence electrons. The molecule has 0 aliphatic carbocycles. The molecule has 34 heavy (non-hydrogen) atoms. The van der Waals surface area contributed by atoms with Crippen molar-refractivity contribution < 1.29 is 31.1 Å². The molecule has 0 aliphatic heterocycles. The van der Waals surface area contributed by atoms with Gasteiger partial charge in [-0.1, -0.05) is 31.2 Å². The normalized spacial score (nSPS) is 11.6. The van der Waals surface area contributed by atoms with E-state index in [9.17, 15) is 26.3 Å². The first-order valence-electron chi connectivity index (χ1n) is 10.5. The van der Waals surface area contributed by atoms with Gasteiger partial charge >= 0.3 is 12.4 Å². The zero-order valence-corrected chi connectivity index (χ0v) is 18.5. The molecule has 0 heterocycles. The summed E-state index contributed by atoms with van der Waals surface area (Å²) in [7, 11) is 0. The van der Waals surface area contributed by atoms with Crippen LogP contribution in [-0.2, 0) is 12.4 Å². The first-order chi connectivity index (χ1) is 16.0. The van der Waals surface area contributed by atoms with Gasteiger partial charge in [0.1, 0.15) is 12.4 Å². The van der Waals surface area contributed by atoms with Crippen LogP contribution < -0.4 is 16.2 Å². The van der Waals surface area contributed by atoms with Gasteiger partial charge in [-0.25, -0.2) is 0 Å². The fourth-order valence-electron chi connectivity index (χ4n) is 2.90. The second kappa shape index (κ2) is 11.9. The Morgan fingerprint density at radius 3 is 1.29 bits per heavy atom. The van der Waals surface area contributed by atoms with Crippen LogP contribution in [0.1, 0.15) is 24.5 Å². The number of hydrogen-bond donors (Lipinski definition) is 2. The van der Waals surface area contributed by atoms with Crippen molar-refractivity contribution in [2.24, 2.45) is 11.5 Å². The maximum absolute atomic E-state index is 12.8. The molecule has 0 aliphatic rings. The van der Waals surface area contributed by atoms with Gasteiger partial charge in [0.25, 0.3) is 0 Å². The van der Waals surface area contributed by atoms with Crippen LogP contribution in [0.2, 0.25) is 0 Å². The van der Waals surface area contributed by atoms with Crippen molar-refractivity contribution in [3.05, 3.63) is 77.9 Å². The quantitative estimate of drug-likeness (QED) is 0.381. The summed E-state index contributed by atoms with van der Waals surface area (Å²) in [6.45, 7) is 3.34. The van der Waals surface area contributed by atoms with Crippen molar-refractivity contribution in [1.29, 1.82) is 0 Å². The number of halogens is 6. The van der Waals surface area contributed by atoms with Crippen LogP contribution in [0, 0.1) is 0 Å². The lowest BCUT2D eigenvalue weighted by Gasteiger charge is -2.13. The van der Waals surface area contributed by atoms with Gasteiger partial charge in [0.05, 0.1) is 11.1 Å². The van der Waals surface area contributed by atoms with E-state index >= 15 is 0 Å². The second-order valence-corrected chi connectivity index (χ2v) is 7.32. The van der Waals surface area contributed by atoms with Gasteiger partial charge < -0.3 is 16.2 Å². The molecule has 3 aromatic rings. The van der Waals surface area contributed by atoms with Gasteiger partial charge in [0.15, 0.2) is 0 Å². The molecule has 3 rings (SSSR count). The van der Waals surface area contributed by atoms with Gasteiger partial charge in [-0.05, 0) is 77.7 Å². The minimum absolute atomic E-state index is 0.211. The molecule has 0 radical (unpaired) electrons. The molecule has 0 amide bonds. The fraction of sp³-hybridized carbons (Fsp3) is 0.280. The zero-order chi connectivity index (χ0) is 25.4. The predicted octanol–water partition coefficient (Wildman–Crippen LogP) is 6.75. The van der Waals surface area contributed by atoms with E-state index in [0.29, 0.717) is 28.0 Å². The Bertz CT molecular complexity index is 952. The Morgan fingerprint density at radius 2 is 1.00 bits per heavy atom. The third-order valence-corrected chi connectivity index (χ3v) is 4.67. The number of benzene rings is 3. The molecule has 9 heteroatoms. The molecular formula is C25H26F6N2O. The molecule has 3 nitrogen and oxygen atoms in total. The van der Waals surface area contributed by atoms with Crippen LogP contribution >= 0.6 is 0 Å². The Hall–Kier alpha value is -3.04. The van der Waals surface area contributed by atoms with Gasteiger partial charge in [0, 0.05) is 6.54 Å². The molecule has 0 unspecified atom stereocenters. The molecule has 0 bridgehead atoms. The van der Waals surface area contributed by atoms with Crippen LogP contribution in [-0.4, -0.2) is 19.7 Å². The summed E-state index contributed by atoms with van der Waals surface area (Å²) in [6.07, 6.45) is -7.80. The average molecular weight is 484 g/mol. The number of rotatable bonds is 6. The molecule has 4 N–H and O–H groups in total. The Kier molecular flexibility index (Phi) is 9.52. The largest absolute Gasteiger partial charge is 0.492 e. The van der Waals surface area contributed by atoms with E-state index in [1.165, 1.54) is 24.3 Å². The van der Waals surface area contributed by atoms with Crippen molar-refractivity contribution in [2.75, 3.05) is 19.7 Å². The summed E-state index contributed by atoms with van der Waals surface area (Å²) in [5, 5.41) is 0. The number of nitrogens with two attached hydrogens (primary N) is 2. The van der Waals surface area contributed by atoms with E-state index in [1.807, 2.05) is 0 Å². The minimum atomic E-state index is -4.45. The monoisotopic (exact) mass is 484 g/mol. The lowest BCUT2D eigenvalue weighted by atomic mass is 9.97. The molecular weight excluding hydrogens is 458 g/mol. The molecule has 0 saturated carbocycles. The summed E-state index contributed by atoms with van der Waals surface area (Å²) in [4.78, 5) is 0. The first kappa shape index (κ1) is 27.2. The van der Waals surface area contributed by atoms with E-state index in [-0.39, 0.29) is 13.2 Å². The summed E-state index contributed by atoms with van der Waals surface area (Å²) in [6, 6.07) is 14.2. The van der Waals surface area contributed by atoms with Gasteiger partial charge in [-0.15, -0.1) is 0 Å². The molecule has 3 aromatic carbocycles. The zero-order valence-electron chi connectivity index (χ0n) is 18.5. The number of ether oxygens (including phenoxy) is 1. The maximum Gasteiger partial charge on any atom is 0.416 e. The van der Waals surface area contributed by atoms with E-state index in [4.69, 9.17) is 16.2 Å². The van der Waals surface area contributed by atoms with Crippen LogP contribution in [0.4, 0.5) is 26.3 Å². The SMILES string of the molecule is CCCN.NCCOc1cc(-c2ccc(C(F)(F)F)cc2)cc(-c2ccc(C(F)(F)F)cc2)c1. The lowest BCUT2D eigenvalue weighted by Crippen LogP contribution is -2.10. The summed E-state index contributed by atoms with van der Waals surface area (Å²) >= 11 is 0. The van der Waals surface area contributed by atoms with E-state index in [1.54, 1.807) is 18.2 Å². The third kappa shape index (κ3) is 7.78. The van der Waals surface area contributed by atoms with Gasteiger partial charge in [-0.3, -0.25) is 0 Å². The third-order valence-electron chi connectivity index (χ3n) is 4.67. The maximum atomic E-state index is 12.8. The van der Waals surface area contributed by atoms with Crippen LogP contribution in [0.25, 0.3) is 22.3 Å². The van der Waals surface area contributed by atoms with Crippen LogP contribution in [0.15, 0.2) is 66.7 Å². The molecule has 0 aromatic heterocycles. The topological polar surface area (TPSA) is 61.3 Å². The first-order valence-corrected chi connectivity index (χ1v) is 10.5. The smallest absolute Gasteiger partial charge is 0.416 e. The average Bonchev–Trinajstić information content (AvgIpc) is 2.82. The summed E-state index contributed by atoms with van der Waals surface area (Å²) < 4.78 is 82.4. The highest BCUT2D eigenvalue weighted by Gasteiger charge is 2.30. The molecule has 0 fully saturated rings. The number of hydrogen-bond acceptors (Lipinski definition) is 3. The fourth-order valence-corrected chi connectivity index (χ4v) is 2.90. The van der Waals surface area contributed by atoms with Crippen molar-refractivity contribution in [1.82, 2.24) is 0 Å². The Morgan fingerprint density at radius 1 is 0.618 bits per heavy atom. The van der Waals surface area contributed by atoms with Gasteiger partial charge in [-0.2, -0.15) is 26.3 Å². The minimum Gasteiger partial charge on any atom is -0.492 e. The van der Waals surface area contributed by atoms with Crippen LogP contribution in [0.3, 0.4) is 0 Å². The van der Waals surface area contributed by atoms with Gasteiger partial charge in [0.2, 0.25) is 0 Å². The Labute approximate surface area is 194 Å². The van der Waals surface area contributed by atoms with Crippen molar-refractivity contribution in [3.63, 3.8) is 0 Å². The molecule has 0 saturated heterocycles. The van der Waals surface area contributed by atoms with Crippen molar-refractivity contribution >= 4 is 0 Å². The highest BCUT2D eigenvalue weighted by atomic mass is 19.4. The summed E-state index contributed by atoms with van der Waals surface area (Å²) in [5.41, 5.74) is 11.1. The van der Waals surface area contributed by atoms with E-state index < -0.39 is 23.5 Å². The van der Waals surface area contributed by atoms with Crippen molar-refractivity contribution in [2.45, 2.75) is 25.7 Å². The number of alkyl halides is 6. The Balaban J connectivity index is 0.000000945. The molecule has 0 spiro atoms. The predicted molar refractivity (Wildman–Crippen MR) is 121 cm³/mol. The molecule has 0 atom stereocenters. The second-order valence-electron chi connectivity index (χ2n) is 7.32.